The molecule has 0 saturated heterocycles. The van der Waals surface area contributed by atoms with E-state index >= 15 is 0 Å². The van der Waals surface area contributed by atoms with E-state index in [0.29, 0.717) is 12.6 Å². The van der Waals surface area contributed by atoms with E-state index in [0.717, 1.165) is 30.2 Å². The number of amides is 1. The van der Waals surface area contributed by atoms with Gasteiger partial charge in [-0.2, -0.15) is 0 Å². The second-order valence-electron chi connectivity index (χ2n) is 4.54. The number of hydrogen-bond donors (Lipinski definition) is 3. The Morgan fingerprint density at radius 1 is 1.38 bits per heavy atom. The van der Waals surface area contributed by atoms with E-state index < -0.39 is 0 Å². The van der Waals surface area contributed by atoms with Crippen LogP contribution in [-0.2, 0) is 0 Å². The minimum absolute atomic E-state index is 0. The lowest BCUT2D eigenvalue weighted by Gasteiger charge is -2.16. The van der Waals surface area contributed by atoms with Gasteiger partial charge in [-0.1, -0.05) is 13.0 Å². The number of hydrogen-bond acceptors (Lipinski definition) is 3. The van der Waals surface area contributed by atoms with Crippen LogP contribution in [0.5, 0.6) is 0 Å². The van der Waals surface area contributed by atoms with Gasteiger partial charge in [-0.3, -0.25) is 9.79 Å². The minimum Gasteiger partial charge on any atom is -0.356 e. The zero-order valence-corrected chi connectivity index (χ0v) is 16.0. The molecule has 3 N–H and O–H groups in total. The molecule has 1 aromatic heterocycles. The van der Waals surface area contributed by atoms with E-state index in [4.69, 9.17) is 0 Å². The highest BCUT2D eigenvalue weighted by Gasteiger charge is 2.05. The van der Waals surface area contributed by atoms with E-state index in [1.807, 2.05) is 17.5 Å². The zero-order chi connectivity index (χ0) is 14.8. The van der Waals surface area contributed by atoms with E-state index in [-0.39, 0.29) is 29.9 Å². The van der Waals surface area contributed by atoms with E-state index in [1.54, 1.807) is 7.05 Å². The first-order valence-corrected chi connectivity index (χ1v) is 7.84. The smallest absolute Gasteiger partial charge is 0.261 e. The molecule has 0 aliphatic carbocycles. The van der Waals surface area contributed by atoms with Crippen LogP contribution in [0.4, 0.5) is 0 Å². The Balaban J connectivity index is 0.00000400. The first-order chi connectivity index (χ1) is 9.67. The fraction of sp³-hybridized carbons (Fsp3) is 0.571. The number of guanidine groups is 1. The van der Waals surface area contributed by atoms with Crippen molar-refractivity contribution in [1.29, 1.82) is 0 Å². The number of halogens is 1. The van der Waals surface area contributed by atoms with Gasteiger partial charge in [-0.15, -0.1) is 35.3 Å². The highest BCUT2D eigenvalue weighted by molar-refractivity contribution is 14.0. The van der Waals surface area contributed by atoms with Crippen LogP contribution in [0.1, 0.15) is 36.4 Å². The second kappa shape index (κ2) is 11.8. The molecule has 1 atom stereocenters. The Morgan fingerprint density at radius 2 is 2.10 bits per heavy atom. The van der Waals surface area contributed by atoms with Crippen LogP contribution < -0.4 is 16.0 Å². The molecule has 0 bridgehead atoms. The standard InChI is InChI=1S/C14H24N4OS.HI/c1-4-11(2)18-14(15-3)17-9-6-8-16-13(19)12-7-5-10-20-12;/h5,7,10-11H,4,6,8-9H2,1-3H3,(H,16,19)(H2,15,17,18);1H. The maximum atomic E-state index is 11.7. The molecule has 120 valence electrons. The van der Waals surface area contributed by atoms with Crippen LogP contribution in [0, 0.1) is 0 Å². The summed E-state index contributed by atoms with van der Waals surface area (Å²) in [5.74, 6) is 0.811. The lowest BCUT2D eigenvalue weighted by atomic mass is 10.3. The molecule has 0 fully saturated rings. The Hall–Kier alpha value is -0.830. The molecule has 0 saturated carbocycles. The van der Waals surface area contributed by atoms with Crippen molar-refractivity contribution in [2.45, 2.75) is 32.7 Å². The molecule has 7 heteroatoms. The van der Waals surface area contributed by atoms with E-state index in [1.165, 1.54) is 11.3 Å². The molecule has 1 heterocycles. The zero-order valence-electron chi connectivity index (χ0n) is 12.8. The molecule has 0 radical (unpaired) electrons. The van der Waals surface area contributed by atoms with Crippen molar-refractivity contribution in [3.63, 3.8) is 0 Å². The number of carbonyl (C=O) groups excluding carboxylic acids is 1. The summed E-state index contributed by atoms with van der Waals surface area (Å²) in [6, 6.07) is 4.11. The lowest BCUT2D eigenvalue weighted by molar-refractivity contribution is 0.0957. The van der Waals surface area contributed by atoms with E-state index in [9.17, 15) is 4.79 Å². The molecule has 1 aromatic rings. The molecule has 0 aliphatic rings. The van der Waals surface area contributed by atoms with Crippen molar-refractivity contribution < 1.29 is 4.79 Å². The topological polar surface area (TPSA) is 65.5 Å². The summed E-state index contributed by atoms with van der Waals surface area (Å²) in [6.45, 7) is 5.68. The summed E-state index contributed by atoms with van der Waals surface area (Å²) >= 11 is 1.46. The molecule has 0 aromatic carbocycles. The second-order valence-corrected chi connectivity index (χ2v) is 5.49. The first kappa shape index (κ1) is 20.2. The number of aliphatic imine (C=N–C) groups is 1. The number of rotatable bonds is 7. The molecule has 1 rings (SSSR count). The van der Waals surface area contributed by atoms with Crippen molar-refractivity contribution >= 4 is 47.2 Å². The number of thiophene rings is 1. The van der Waals surface area contributed by atoms with Gasteiger partial charge in [-0.25, -0.2) is 0 Å². The fourth-order valence-corrected chi connectivity index (χ4v) is 2.16. The third kappa shape index (κ3) is 8.25. The van der Waals surface area contributed by atoms with Gasteiger partial charge in [0.1, 0.15) is 0 Å². The predicted octanol–water partition coefficient (Wildman–Crippen LogP) is 2.45. The van der Waals surface area contributed by atoms with Gasteiger partial charge in [-0.05, 0) is 31.2 Å². The molecular formula is C14H25IN4OS. The Kier molecular flexibility index (Phi) is 11.3. The lowest BCUT2D eigenvalue weighted by Crippen LogP contribution is -2.42. The van der Waals surface area contributed by atoms with Crippen LogP contribution in [0.2, 0.25) is 0 Å². The minimum atomic E-state index is 0. The number of nitrogens with zero attached hydrogens (tertiary/aromatic N) is 1. The van der Waals surface area contributed by atoms with Gasteiger partial charge in [0, 0.05) is 26.2 Å². The average Bonchev–Trinajstić information content (AvgIpc) is 2.99. The van der Waals surface area contributed by atoms with Crippen LogP contribution in [0.25, 0.3) is 0 Å². The predicted molar refractivity (Wildman–Crippen MR) is 101 cm³/mol. The summed E-state index contributed by atoms with van der Waals surface area (Å²) < 4.78 is 0. The summed E-state index contributed by atoms with van der Waals surface area (Å²) in [5, 5.41) is 11.3. The first-order valence-electron chi connectivity index (χ1n) is 6.96. The molecule has 0 aliphatic heterocycles. The summed E-state index contributed by atoms with van der Waals surface area (Å²) in [4.78, 5) is 16.6. The molecule has 5 nitrogen and oxygen atoms in total. The maximum Gasteiger partial charge on any atom is 0.261 e. The summed E-state index contributed by atoms with van der Waals surface area (Å²) in [7, 11) is 1.76. The largest absolute Gasteiger partial charge is 0.356 e. The van der Waals surface area contributed by atoms with Gasteiger partial charge in [0.15, 0.2) is 5.96 Å². The molecule has 21 heavy (non-hydrogen) atoms. The quantitative estimate of drug-likeness (QED) is 0.273. The monoisotopic (exact) mass is 424 g/mol. The Morgan fingerprint density at radius 3 is 2.67 bits per heavy atom. The van der Waals surface area contributed by atoms with Gasteiger partial charge < -0.3 is 16.0 Å². The van der Waals surface area contributed by atoms with E-state index in [2.05, 4.69) is 34.8 Å². The molecular weight excluding hydrogens is 399 g/mol. The molecule has 0 spiro atoms. The fourth-order valence-electron chi connectivity index (χ4n) is 1.52. The van der Waals surface area contributed by atoms with Crippen molar-refractivity contribution in [2.75, 3.05) is 20.1 Å². The van der Waals surface area contributed by atoms with Crippen molar-refractivity contribution in [3.8, 4) is 0 Å². The van der Waals surface area contributed by atoms with Gasteiger partial charge in [0.2, 0.25) is 0 Å². The highest BCUT2D eigenvalue weighted by Crippen LogP contribution is 2.07. The number of carbonyl (C=O) groups is 1. The summed E-state index contributed by atoms with van der Waals surface area (Å²) in [6.07, 6.45) is 1.91. The molecule has 1 unspecified atom stereocenters. The van der Waals surface area contributed by atoms with Gasteiger partial charge in [0.05, 0.1) is 4.88 Å². The van der Waals surface area contributed by atoms with Crippen molar-refractivity contribution in [2.24, 2.45) is 4.99 Å². The third-order valence-corrected chi connectivity index (χ3v) is 3.76. The van der Waals surface area contributed by atoms with Gasteiger partial charge in [0.25, 0.3) is 5.91 Å². The van der Waals surface area contributed by atoms with Crippen LogP contribution in [0.15, 0.2) is 22.5 Å². The van der Waals surface area contributed by atoms with Crippen LogP contribution in [0.3, 0.4) is 0 Å². The van der Waals surface area contributed by atoms with Crippen molar-refractivity contribution in [1.82, 2.24) is 16.0 Å². The third-order valence-electron chi connectivity index (χ3n) is 2.90. The maximum absolute atomic E-state index is 11.7. The van der Waals surface area contributed by atoms with Crippen LogP contribution >= 0.6 is 35.3 Å². The molecule has 1 amide bonds. The van der Waals surface area contributed by atoms with Crippen LogP contribution in [-0.4, -0.2) is 38.0 Å². The number of nitrogens with one attached hydrogen (secondary N) is 3. The highest BCUT2D eigenvalue weighted by atomic mass is 127. The van der Waals surface area contributed by atoms with Crippen molar-refractivity contribution in [3.05, 3.63) is 22.4 Å². The normalized spacial score (nSPS) is 12.2. The average molecular weight is 424 g/mol. The summed E-state index contributed by atoms with van der Waals surface area (Å²) in [5.41, 5.74) is 0. The Labute approximate surface area is 148 Å². The van der Waals surface area contributed by atoms with Gasteiger partial charge >= 0.3 is 0 Å². The Bertz CT molecular complexity index is 423. The SMILES string of the molecule is CCC(C)NC(=NC)NCCCNC(=O)c1cccs1.I.